The second-order valence-corrected chi connectivity index (χ2v) is 7.26. The quantitative estimate of drug-likeness (QED) is 0.715. The molecule has 8 nitrogen and oxygen atoms in total. The fraction of sp³-hybridized carbons (Fsp3) is 0.550. The van der Waals surface area contributed by atoms with Gasteiger partial charge < -0.3 is 14.4 Å². The van der Waals surface area contributed by atoms with Gasteiger partial charge in [0.05, 0.1) is 18.8 Å². The molecule has 1 atom stereocenters. The summed E-state index contributed by atoms with van der Waals surface area (Å²) in [5.41, 5.74) is 0.416. The van der Waals surface area contributed by atoms with E-state index in [4.69, 9.17) is 9.47 Å². The largest absolute Gasteiger partial charge is 0.492 e. The Morgan fingerprint density at radius 1 is 1.18 bits per heavy atom. The molecule has 0 spiro atoms. The molecule has 1 amide bonds. The van der Waals surface area contributed by atoms with Crippen molar-refractivity contribution in [2.45, 2.75) is 25.5 Å². The topological polar surface area (TPSA) is 72.7 Å². The molecule has 1 aromatic carbocycles. The smallest absolute Gasteiger partial charge is 0.276 e. The van der Waals surface area contributed by atoms with Crippen LogP contribution in [0.25, 0.3) is 0 Å². The number of hydrogen-bond donors (Lipinski definition) is 0. The lowest BCUT2D eigenvalue weighted by atomic mass is 10.2. The summed E-state index contributed by atoms with van der Waals surface area (Å²) in [7, 11) is 0. The Hall–Kier alpha value is -2.45. The Morgan fingerprint density at radius 2 is 2.00 bits per heavy atom. The van der Waals surface area contributed by atoms with Crippen molar-refractivity contribution in [1.29, 1.82) is 0 Å². The molecule has 0 bridgehead atoms. The van der Waals surface area contributed by atoms with Crippen molar-refractivity contribution in [3.63, 3.8) is 0 Å². The number of rotatable bonds is 7. The van der Waals surface area contributed by atoms with E-state index < -0.39 is 0 Å². The van der Waals surface area contributed by atoms with E-state index in [0.717, 1.165) is 44.8 Å². The number of aromatic nitrogens is 3. The average molecular weight is 385 g/mol. The molecule has 2 aliphatic heterocycles. The van der Waals surface area contributed by atoms with Crippen molar-refractivity contribution in [1.82, 2.24) is 24.8 Å². The first-order chi connectivity index (χ1) is 13.8. The van der Waals surface area contributed by atoms with E-state index in [1.165, 1.54) is 0 Å². The first-order valence-corrected chi connectivity index (χ1v) is 9.99. The number of carbonyl (C=O) groups excluding carboxylic acids is 1. The van der Waals surface area contributed by atoms with Crippen molar-refractivity contribution in [3.8, 4) is 5.75 Å². The van der Waals surface area contributed by atoms with Gasteiger partial charge in [0.25, 0.3) is 5.91 Å². The molecule has 0 N–H and O–H groups in total. The van der Waals surface area contributed by atoms with E-state index in [0.29, 0.717) is 31.9 Å². The Bertz CT molecular complexity index is 752. The van der Waals surface area contributed by atoms with Crippen LogP contribution in [0.1, 0.15) is 23.3 Å². The van der Waals surface area contributed by atoms with Gasteiger partial charge in [-0.3, -0.25) is 9.69 Å². The van der Waals surface area contributed by atoms with Crippen LogP contribution in [0.4, 0.5) is 0 Å². The minimum atomic E-state index is -0.0428. The molecule has 0 aliphatic carbocycles. The third kappa shape index (κ3) is 4.88. The zero-order valence-corrected chi connectivity index (χ0v) is 16.1. The maximum atomic E-state index is 12.7. The van der Waals surface area contributed by atoms with E-state index in [1.54, 1.807) is 10.9 Å². The van der Waals surface area contributed by atoms with Crippen molar-refractivity contribution in [3.05, 3.63) is 42.2 Å². The van der Waals surface area contributed by atoms with E-state index in [2.05, 4.69) is 15.2 Å². The summed E-state index contributed by atoms with van der Waals surface area (Å²) in [6.45, 7) is 6.05. The number of hydrogen-bond acceptors (Lipinski definition) is 6. The third-order valence-corrected chi connectivity index (χ3v) is 5.25. The zero-order chi connectivity index (χ0) is 19.2. The second-order valence-electron chi connectivity index (χ2n) is 7.26. The molecular weight excluding hydrogens is 358 g/mol. The summed E-state index contributed by atoms with van der Waals surface area (Å²) in [6.07, 6.45) is 4.06. The molecule has 0 radical (unpaired) electrons. The van der Waals surface area contributed by atoms with Crippen LogP contribution in [-0.4, -0.2) is 82.7 Å². The summed E-state index contributed by atoms with van der Waals surface area (Å²) in [4.78, 5) is 16.9. The van der Waals surface area contributed by atoms with Gasteiger partial charge in [-0.2, -0.15) is 0 Å². The first kappa shape index (κ1) is 18.9. The van der Waals surface area contributed by atoms with Crippen molar-refractivity contribution in [2.24, 2.45) is 0 Å². The van der Waals surface area contributed by atoms with Crippen molar-refractivity contribution < 1.29 is 14.3 Å². The molecule has 150 valence electrons. The molecule has 4 rings (SSSR count). The van der Waals surface area contributed by atoms with E-state index in [9.17, 15) is 4.79 Å². The van der Waals surface area contributed by atoms with E-state index >= 15 is 0 Å². The van der Waals surface area contributed by atoms with Crippen LogP contribution in [0.15, 0.2) is 36.5 Å². The molecule has 3 heterocycles. The van der Waals surface area contributed by atoms with Crippen LogP contribution < -0.4 is 4.74 Å². The van der Waals surface area contributed by atoms with Gasteiger partial charge in [-0.05, 0) is 25.0 Å². The number of piperazine rings is 1. The van der Waals surface area contributed by atoms with Gasteiger partial charge in [0.15, 0.2) is 5.69 Å². The second kappa shape index (κ2) is 9.16. The van der Waals surface area contributed by atoms with Gasteiger partial charge in [-0.25, -0.2) is 4.68 Å². The summed E-state index contributed by atoms with van der Waals surface area (Å²) >= 11 is 0. The van der Waals surface area contributed by atoms with E-state index in [1.807, 2.05) is 35.2 Å². The number of para-hydroxylation sites is 1. The highest BCUT2D eigenvalue weighted by Crippen LogP contribution is 2.14. The predicted molar refractivity (Wildman–Crippen MR) is 103 cm³/mol. The fourth-order valence-electron chi connectivity index (χ4n) is 3.63. The highest BCUT2D eigenvalue weighted by atomic mass is 16.5. The molecule has 0 saturated carbocycles. The number of amides is 1. The SMILES string of the molecule is O=C(c1cn(C[C@H]2CCCO2)nn1)N1CCN(CCOc2ccccc2)CC1. The van der Waals surface area contributed by atoms with Gasteiger partial charge in [0, 0.05) is 39.3 Å². The molecule has 28 heavy (non-hydrogen) atoms. The Morgan fingerprint density at radius 3 is 2.75 bits per heavy atom. The number of nitrogens with zero attached hydrogens (tertiary/aromatic N) is 5. The molecule has 2 fully saturated rings. The predicted octanol–water partition coefficient (Wildman–Crippen LogP) is 1.29. The van der Waals surface area contributed by atoms with Crippen LogP contribution in [0.2, 0.25) is 0 Å². The van der Waals surface area contributed by atoms with Gasteiger partial charge in [-0.15, -0.1) is 5.10 Å². The Kier molecular flexibility index (Phi) is 6.18. The minimum Gasteiger partial charge on any atom is -0.492 e. The maximum Gasteiger partial charge on any atom is 0.276 e. The van der Waals surface area contributed by atoms with Gasteiger partial charge in [0.1, 0.15) is 12.4 Å². The normalized spacial score (nSPS) is 20.4. The number of carbonyl (C=O) groups is 1. The Balaban J connectivity index is 1.20. The molecule has 2 aliphatic rings. The van der Waals surface area contributed by atoms with Crippen LogP contribution in [0.5, 0.6) is 5.75 Å². The van der Waals surface area contributed by atoms with Crippen LogP contribution >= 0.6 is 0 Å². The summed E-state index contributed by atoms with van der Waals surface area (Å²) in [6, 6.07) is 9.84. The highest BCUT2D eigenvalue weighted by Gasteiger charge is 2.25. The molecule has 1 aromatic heterocycles. The highest BCUT2D eigenvalue weighted by molar-refractivity contribution is 5.92. The zero-order valence-electron chi connectivity index (χ0n) is 16.1. The fourth-order valence-corrected chi connectivity index (χ4v) is 3.63. The molecular formula is C20H27N5O3. The van der Waals surface area contributed by atoms with Gasteiger partial charge >= 0.3 is 0 Å². The van der Waals surface area contributed by atoms with Crippen LogP contribution in [0, 0.1) is 0 Å². The van der Waals surface area contributed by atoms with Gasteiger partial charge in [-0.1, -0.05) is 23.4 Å². The summed E-state index contributed by atoms with van der Waals surface area (Å²) < 4.78 is 13.1. The number of benzene rings is 1. The lowest BCUT2D eigenvalue weighted by Crippen LogP contribution is -2.49. The summed E-state index contributed by atoms with van der Waals surface area (Å²) in [5, 5.41) is 8.16. The monoisotopic (exact) mass is 385 g/mol. The van der Waals surface area contributed by atoms with Gasteiger partial charge in [0.2, 0.25) is 0 Å². The Labute approximate surface area is 165 Å². The molecule has 2 aromatic rings. The lowest BCUT2D eigenvalue weighted by molar-refractivity contribution is 0.0614. The summed E-state index contributed by atoms with van der Waals surface area (Å²) in [5.74, 6) is 0.848. The van der Waals surface area contributed by atoms with Crippen LogP contribution in [-0.2, 0) is 11.3 Å². The minimum absolute atomic E-state index is 0.0428. The van der Waals surface area contributed by atoms with Crippen LogP contribution in [0.3, 0.4) is 0 Å². The number of ether oxygens (including phenoxy) is 2. The molecule has 0 unspecified atom stereocenters. The standard InChI is InChI=1S/C20H27N5O3/c26-20(19-16-25(22-21-19)15-18-7-4-13-27-18)24-10-8-23(9-11-24)12-14-28-17-5-2-1-3-6-17/h1-3,5-6,16,18H,4,7-15H2/t18-/m1/s1. The lowest BCUT2D eigenvalue weighted by Gasteiger charge is -2.34. The van der Waals surface area contributed by atoms with Crippen molar-refractivity contribution in [2.75, 3.05) is 45.9 Å². The average Bonchev–Trinajstić information content (AvgIpc) is 3.41. The third-order valence-electron chi connectivity index (χ3n) is 5.25. The molecule has 2 saturated heterocycles. The first-order valence-electron chi connectivity index (χ1n) is 9.99. The maximum absolute atomic E-state index is 12.7. The molecule has 8 heteroatoms. The van der Waals surface area contributed by atoms with E-state index in [-0.39, 0.29) is 12.0 Å². The van der Waals surface area contributed by atoms with Crippen molar-refractivity contribution >= 4 is 5.91 Å².